The molecule has 3 heterocycles. The lowest BCUT2D eigenvalue weighted by Gasteiger charge is -2.16. The summed E-state index contributed by atoms with van der Waals surface area (Å²) in [6.07, 6.45) is -3.60. The summed E-state index contributed by atoms with van der Waals surface area (Å²) < 4.78 is 22.3. The molecule has 0 radical (unpaired) electrons. The predicted octanol–water partition coefficient (Wildman–Crippen LogP) is -2.25. The van der Waals surface area contributed by atoms with E-state index in [-0.39, 0.29) is 17.0 Å². The van der Waals surface area contributed by atoms with Crippen LogP contribution in [0.15, 0.2) is 12.7 Å². The summed E-state index contributed by atoms with van der Waals surface area (Å²) in [5.74, 6) is -1.02. The third kappa shape index (κ3) is 3.67. The predicted molar refractivity (Wildman–Crippen MR) is 83.5 cm³/mol. The summed E-state index contributed by atoms with van der Waals surface area (Å²) in [5, 5.41) is 20.3. The molecule has 1 fully saturated rings. The fourth-order valence-electron chi connectivity index (χ4n) is 2.54. The number of imidazole rings is 1. The highest BCUT2D eigenvalue weighted by molar-refractivity contribution is 7.52. The Hall–Kier alpha value is -2.15. The number of aromatic nitrogens is 4. The van der Waals surface area contributed by atoms with Gasteiger partial charge in [-0.3, -0.25) is 13.9 Å². The standard InChI is InChI=1S/C12H16N5O8P/c13-10-7-11(15-3-14-10)17(4-16-7)12-9(20)8(19)5(25-12)1-24-6(18)2-26(21,22)23/h3-5,8-9,12,19-20H,1-2H2,(H2,13,14,15)(H2,21,22,23)/t5-,8-,9-,12-/m1/s1. The van der Waals surface area contributed by atoms with Gasteiger partial charge in [0.15, 0.2) is 17.7 Å². The molecule has 0 spiro atoms. The van der Waals surface area contributed by atoms with E-state index in [9.17, 15) is 19.6 Å². The summed E-state index contributed by atoms with van der Waals surface area (Å²) in [7, 11) is -4.56. The van der Waals surface area contributed by atoms with Crippen molar-refractivity contribution in [3.05, 3.63) is 12.7 Å². The zero-order valence-electron chi connectivity index (χ0n) is 13.1. The molecule has 2 aromatic heterocycles. The number of hydrogen-bond donors (Lipinski definition) is 5. The van der Waals surface area contributed by atoms with Gasteiger partial charge in [-0.05, 0) is 0 Å². The molecule has 0 saturated carbocycles. The molecule has 6 N–H and O–H groups in total. The summed E-state index contributed by atoms with van der Waals surface area (Å²) in [5.41, 5.74) is 6.25. The third-order valence-electron chi connectivity index (χ3n) is 3.74. The van der Waals surface area contributed by atoms with E-state index in [1.807, 2.05) is 0 Å². The SMILES string of the molecule is Nc1ncnc2c1ncn2[C@@H]1O[C@H](COC(=O)CP(=O)(O)O)[C@@H](O)[C@H]1O. The van der Waals surface area contributed by atoms with Crippen LogP contribution in [0, 0.1) is 0 Å². The highest BCUT2D eigenvalue weighted by Crippen LogP contribution is 2.35. The Morgan fingerprint density at radius 1 is 1.31 bits per heavy atom. The number of hydrogen-bond acceptors (Lipinski definition) is 10. The van der Waals surface area contributed by atoms with Crippen molar-refractivity contribution in [2.24, 2.45) is 0 Å². The summed E-state index contributed by atoms with van der Waals surface area (Å²) >= 11 is 0. The van der Waals surface area contributed by atoms with Gasteiger partial charge in [-0.15, -0.1) is 0 Å². The monoisotopic (exact) mass is 389 g/mol. The number of rotatable bonds is 5. The average molecular weight is 389 g/mol. The molecule has 1 saturated heterocycles. The summed E-state index contributed by atoms with van der Waals surface area (Å²) in [4.78, 5) is 40.6. The van der Waals surface area contributed by atoms with Gasteiger partial charge >= 0.3 is 13.6 Å². The van der Waals surface area contributed by atoms with Gasteiger partial charge in [0.05, 0.1) is 6.33 Å². The number of fused-ring (bicyclic) bond motifs is 1. The maximum Gasteiger partial charge on any atom is 0.336 e. The van der Waals surface area contributed by atoms with Gasteiger partial charge in [0, 0.05) is 0 Å². The summed E-state index contributed by atoms with van der Waals surface area (Å²) in [6.45, 7) is -0.503. The van der Waals surface area contributed by atoms with Crippen molar-refractivity contribution in [3.8, 4) is 0 Å². The van der Waals surface area contributed by atoms with E-state index in [1.54, 1.807) is 0 Å². The van der Waals surface area contributed by atoms with Gasteiger partial charge in [-0.25, -0.2) is 15.0 Å². The fourth-order valence-corrected chi connectivity index (χ4v) is 2.97. The molecule has 14 heteroatoms. The Morgan fingerprint density at radius 3 is 2.73 bits per heavy atom. The highest BCUT2D eigenvalue weighted by Gasteiger charge is 2.45. The molecule has 2 aromatic rings. The van der Waals surface area contributed by atoms with E-state index in [2.05, 4.69) is 15.0 Å². The van der Waals surface area contributed by atoms with Gasteiger partial charge in [0.25, 0.3) is 0 Å². The lowest BCUT2D eigenvalue weighted by Crippen LogP contribution is -2.34. The number of anilines is 1. The van der Waals surface area contributed by atoms with Crippen LogP contribution in [0.25, 0.3) is 11.2 Å². The molecule has 4 atom stereocenters. The molecule has 3 rings (SSSR count). The second-order valence-electron chi connectivity index (χ2n) is 5.64. The zero-order chi connectivity index (χ0) is 19.1. The van der Waals surface area contributed by atoms with Crippen molar-refractivity contribution in [1.29, 1.82) is 0 Å². The smallest absolute Gasteiger partial charge is 0.336 e. The van der Waals surface area contributed by atoms with Crippen LogP contribution in [0.5, 0.6) is 0 Å². The fraction of sp³-hybridized carbons (Fsp3) is 0.500. The van der Waals surface area contributed by atoms with Crippen LogP contribution >= 0.6 is 7.60 Å². The van der Waals surface area contributed by atoms with E-state index < -0.39 is 50.9 Å². The van der Waals surface area contributed by atoms with E-state index in [4.69, 9.17) is 25.0 Å². The number of nitrogens with zero attached hydrogens (tertiary/aromatic N) is 4. The first kappa shape index (κ1) is 18.6. The van der Waals surface area contributed by atoms with Crippen molar-refractivity contribution in [2.75, 3.05) is 18.5 Å². The van der Waals surface area contributed by atoms with Crippen molar-refractivity contribution < 1.29 is 38.8 Å². The molecule has 1 aliphatic rings. The number of aliphatic hydroxyl groups excluding tert-OH is 2. The maximum atomic E-state index is 11.4. The number of esters is 1. The molecule has 26 heavy (non-hydrogen) atoms. The molecular formula is C12H16N5O8P. The molecule has 0 unspecified atom stereocenters. The number of nitrogen functional groups attached to an aromatic ring is 1. The first-order valence-corrected chi connectivity index (χ1v) is 9.12. The van der Waals surface area contributed by atoms with Crippen molar-refractivity contribution >= 4 is 30.5 Å². The second-order valence-corrected chi connectivity index (χ2v) is 7.28. The van der Waals surface area contributed by atoms with Crippen molar-refractivity contribution in [2.45, 2.75) is 24.5 Å². The second kappa shape index (κ2) is 6.87. The van der Waals surface area contributed by atoms with Gasteiger partial charge in [0.2, 0.25) is 0 Å². The number of carbonyl (C=O) groups is 1. The largest absolute Gasteiger partial charge is 0.462 e. The molecule has 0 aromatic carbocycles. The minimum absolute atomic E-state index is 0.129. The molecule has 1 aliphatic heterocycles. The molecule has 0 bridgehead atoms. The average Bonchev–Trinajstić information content (AvgIpc) is 3.08. The van der Waals surface area contributed by atoms with Crippen LogP contribution in [-0.2, 0) is 18.8 Å². The van der Waals surface area contributed by atoms with Crippen LogP contribution in [-0.4, -0.2) is 76.6 Å². The van der Waals surface area contributed by atoms with E-state index >= 15 is 0 Å². The molecule has 0 amide bonds. The van der Waals surface area contributed by atoms with E-state index in [0.717, 1.165) is 0 Å². The van der Waals surface area contributed by atoms with Gasteiger partial charge in [0.1, 0.15) is 42.9 Å². The highest BCUT2D eigenvalue weighted by atomic mass is 31.2. The van der Waals surface area contributed by atoms with Crippen LogP contribution in [0.3, 0.4) is 0 Å². The van der Waals surface area contributed by atoms with Crippen LogP contribution in [0.4, 0.5) is 5.82 Å². The van der Waals surface area contributed by atoms with Gasteiger partial charge in [-0.2, -0.15) is 0 Å². The number of aliphatic hydroxyl groups is 2. The molecule has 13 nitrogen and oxygen atoms in total. The molecule has 0 aliphatic carbocycles. The number of carbonyl (C=O) groups excluding carboxylic acids is 1. The minimum atomic E-state index is -4.56. The third-order valence-corrected chi connectivity index (χ3v) is 4.41. The lowest BCUT2D eigenvalue weighted by atomic mass is 10.1. The van der Waals surface area contributed by atoms with Gasteiger partial charge < -0.3 is 35.2 Å². The molecule has 142 valence electrons. The summed E-state index contributed by atoms with van der Waals surface area (Å²) in [6, 6.07) is 0. The van der Waals surface area contributed by atoms with Crippen LogP contribution < -0.4 is 5.73 Å². The quantitative estimate of drug-likeness (QED) is 0.272. The van der Waals surface area contributed by atoms with Crippen LogP contribution in [0.2, 0.25) is 0 Å². The van der Waals surface area contributed by atoms with Crippen molar-refractivity contribution in [3.63, 3.8) is 0 Å². The Labute approximate surface area is 145 Å². The number of ether oxygens (including phenoxy) is 2. The zero-order valence-corrected chi connectivity index (χ0v) is 14.0. The normalized spacial score (nSPS) is 26.3. The van der Waals surface area contributed by atoms with Crippen LogP contribution in [0.1, 0.15) is 6.23 Å². The Kier molecular flexibility index (Phi) is 4.92. The first-order valence-electron chi connectivity index (χ1n) is 7.32. The topological polar surface area (TPSA) is 203 Å². The lowest BCUT2D eigenvalue weighted by molar-refractivity contribution is -0.147. The Bertz CT molecular complexity index is 868. The Morgan fingerprint density at radius 2 is 2.04 bits per heavy atom. The van der Waals surface area contributed by atoms with E-state index in [1.165, 1.54) is 17.2 Å². The first-order chi connectivity index (χ1) is 12.2. The Balaban J connectivity index is 1.72. The maximum absolute atomic E-state index is 11.4. The van der Waals surface area contributed by atoms with Crippen molar-refractivity contribution in [1.82, 2.24) is 19.5 Å². The number of nitrogens with two attached hydrogens (primary N) is 1. The minimum Gasteiger partial charge on any atom is -0.462 e. The molecular weight excluding hydrogens is 373 g/mol. The van der Waals surface area contributed by atoms with Gasteiger partial charge in [-0.1, -0.05) is 0 Å². The van der Waals surface area contributed by atoms with E-state index in [0.29, 0.717) is 0 Å².